The number of nitrogens with zero attached hydrogens (tertiary/aromatic N) is 3. The van der Waals surface area contributed by atoms with Crippen LogP contribution in [-0.4, -0.2) is 41.5 Å². The summed E-state index contributed by atoms with van der Waals surface area (Å²) in [7, 11) is 3.15. The van der Waals surface area contributed by atoms with Gasteiger partial charge in [0, 0.05) is 29.2 Å². The van der Waals surface area contributed by atoms with Crippen molar-refractivity contribution in [3.63, 3.8) is 0 Å². The molecule has 1 saturated heterocycles. The normalized spacial score (nSPS) is 15.5. The van der Waals surface area contributed by atoms with E-state index in [4.69, 9.17) is 9.47 Å². The molecule has 1 aromatic heterocycles. The number of nitro groups is 1. The fourth-order valence-electron chi connectivity index (χ4n) is 3.93. The first-order valence-electron chi connectivity index (χ1n) is 10.3. The number of carbonyl (C=O) groups is 1. The summed E-state index contributed by atoms with van der Waals surface area (Å²) in [6, 6.07) is 10.2. The van der Waals surface area contributed by atoms with Gasteiger partial charge in [-0.1, -0.05) is 17.8 Å². The summed E-state index contributed by atoms with van der Waals surface area (Å²) in [5, 5.41) is 13.7. The Morgan fingerprint density at radius 3 is 2.67 bits per heavy atom. The van der Waals surface area contributed by atoms with E-state index in [1.54, 1.807) is 31.3 Å². The van der Waals surface area contributed by atoms with Gasteiger partial charge in [-0.2, -0.15) is 0 Å². The first kappa shape index (κ1) is 23.1. The lowest BCUT2D eigenvalue weighted by Gasteiger charge is -2.26. The topological polar surface area (TPSA) is 94.8 Å². The van der Waals surface area contributed by atoms with Crippen molar-refractivity contribution in [3.8, 4) is 11.5 Å². The van der Waals surface area contributed by atoms with E-state index >= 15 is 0 Å². The van der Waals surface area contributed by atoms with Gasteiger partial charge in [0.25, 0.3) is 11.6 Å². The van der Waals surface area contributed by atoms with E-state index in [2.05, 4.69) is 4.98 Å². The SMILES string of the molecule is COc1ccc([C@@H]2CCCN2C(=O)c2ccc(Sc3nc(C)cs3)c([N+](=O)[O-])c2)cc1OC. The first-order valence-corrected chi connectivity index (χ1v) is 12.0. The van der Waals surface area contributed by atoms with Crippen LogP contribution >= 0.6 is 23.1 Å². The van der Waals surface area contributed by atoms with E-state index in [9.17, 15) is 14.9 Å². The van der Waals surface area contributed by atoms with Crippen LogP contribution in [0.25, 0.3) is 0 Å². The molecule has 1 amide bonds. The second kappa shape index (κ2) is 9.80. The van der Waals surface area contributed by atoms with Crippen LogP contribution in [0.15, 0.2) is 51.0 Å². The van der Waals surface area contributed by atoms with Crippen LogP contribution < -0.4 is 9.47 Å². The second-order valence-corrected chi connectivity index (χ2v) is 9.71. The Morgan fingerprint density at radius 2 is 2.00 bits per heavy atom. The molecular weight excluding hydrogens is 462 g/mol. The standard InChI is InChI=1S/C23H23N3O5S2/c1-14-13-32-23(24-14)33-21-9-7-16(11-18(21)26(28)29)22(27)25-10-4-5-17(25)15-6-8-19(30-2)20(12-15)31-3/h6-9,11-13,17H,4-5,10H2,1-3H3/t17-/m0/s1. The van der Waals surface area contributed by atoms with E-state index in [0.29, 0.717) is 28.5 Å². The maximum absolute atomic E-state index is 13.4. The lowest BCUT2D eigenvalue weighted by Crippen LogP contribution is -2.30. The van der Waals surface area contributed by atoms with Crippen molar-refractivity contribution >= 4 is 34.7 Å². The van der Waals surface area contributed by atoms with Crippen LogP contribution in [0, 0.1) is 17.0 Å². The number of hydrogen-bond acceptors (Lipinski definition) is 8. The van der Waals surface area contributed by atoms with Crippen LogP contribution in [-0.2, 0) is 0 Å². The van der Waals surface area contributed by atoms with Gasteiger partial charge in [-0.05, 0) is 49.6 Å². The van der Waals surface area contributed by atoms with Crippen LogP contribution in [0.5, 0.6) is 11.5 Å². The molecule has 1 aliphatic heterocycles. The third-order valence-electron chi connectivity index (χ3n) is 5.50. The molecule has 2 heterocycles. The van der Waals surface area contributed by atoms with Crippen LogP contribution in [0.3, 0.4) is 0 Å². The van der Waals surface area contributed by atoms with Crippen molar-refractivity contribution in [1.82, 2.24) is 9.88 Å². The number of carbonyl (C=O) groups excluding carboxylic acids is 1. The summed E-state index contributed by atoms with van der Waals surface area (Å²) in [6.07, 6.45) is 1.66. The molecule has 0 unspecified atom stereocenters. The lowest BCUT2D eigenvalue weighted by molar-refractivity contribution is -0.387. The molecule has 0 spiro atoms. The molecule has 1 fully saturated rings. The number of rotatable bonds is 7. The average molecular weight is 486 g/mol. The monoisotopic (exact) mass is 485 g/mol. The Bertz CT molecular complexity index is 1200. The highest BCUT2D eigenvalue weighted by Crippen LogP contribution is 2.40. The van der Waals surface area contributed by atoms with Gasteiger partial charge in [-0.3, -0.25) is 14.9 Å². The predicted molar refractivity (Wildman–Crippen MR) is 127 cm³/mol. The molecule has 8 nitrogen and oxygen atoms in total. The van der Waals surface area contributed by atoms with Crippen molar-refractivity contribution in [3.05, 3.63) is 68.7 Å². The van der Waals surface area contributed by atoms with Crippen molar-refractivity contribution in [2.75, 3.05) is 20.8 Å². The van der Waals surface area contributed by atoms with Crippen molar-refractivity contribution in [2.24, 2.45) is 0 Å². The molecule has 10 heteroatoms. The number of thiazole rings is 1. The van der Waals surface area contributed by atoms with Crippen LogP contribution in [0.2, 0.25) is 0 Å². The number of likely N-dealkylation sites (tertiary alicyclic amines) is 1. The first-order chi connectivity index (χ1) is 15.9. The number of hydrogen-bond donors (Lipinski definition) is 0. The Balaban J connectivity index is 1.61. The number of amides is 1. The highest BCUT2D eigenvalue weighted by molar-refractivity contribution is 8.01. The van der Waals surface area contributed by atoms with E-state index in [1.807, 2.05) is 30.5 Å². The van der Waals surface area contributed by atoms with Gasteiger partial charge in [0.05, 0.1) is 30.1 Å². The number of aromatic nitrogens is 1. The molecule has 0 saturated carbocycles. The van der Waals surface area contributed by atoms with Gasteiger partial charge in [0.2, 0.25) is 0 Å². The minimum absolute atomic E-state index is 0.0967. The van der Waals surface area contributed by atoms with E-state index in [0.717, 1.165) is 28.4 Å². The van der Waals surface area contributed by atoms with E-state index in [1.165, 1.54) is 29.2 Å². The third-order valence-corrected chi connectivity index (χ3v) is 7.63. The number of methoxy groups -OCH3 is 2. The average Bonchev–Trinajstić information content (AvgIpc) is 3.47. The third kappa shape index (κ3) is 4.81. The highest BCUT2D eigenvalue weighted by Gasteiger charge is 2.32. The highest BCUT2D eigenvalue weighted by atomic mass is 32.2. The Labute approximate surface area is 199 Å². The Kier molecular flexibility index (Phi) is 6.85. The van der Waals surface area contributed by atoms with Crippen LogP contribution in [0.4, 0.5) is 5.69 Å². The Morgan fingerprint density at radius 1 is 1.21 bits per heavy atom. The van der Waals surface area contributed by atoms with Gasteiger partial charge in [0.1, 0.15) is 0 Å². The maximum atomic E-state index is 13.4. The molecule has 0 aliphatic carbocycles. The molecule has 0 N–H and O–H groups in total. The largest absolute Gasteiger partial charge is 0.493 e. The molecule has 1 aliphatic rings. The fourth-order valence-corrected chi connectivity index (χ4v) is 5.81. The fraction of sp³-hybridized carbons (Fsp3) is 0.304. The Hall–Kier alpha value is -3.11. The molecule has 4 rings (SSSR count). The van der Waals surface area contributed by atoms with Crippen molar-refractivity contribution < 1.29 is 19.2 Å². The molecule has 0 bridgehead atoms. The zero-order valence-corrected chi connectivity index (χ0v) is 20.1. The molecular formula is C23H23N3O5S2. The van der Waals surface area contributed by atoms with Gasteiger partial charge in [-0.15, -0.1) is 11.3 Å². The van der Waals surface area contributed by atoms with Gasteiger partial charge < -0.3 is 14.4 Å². The molecule has 172 valence electrons. The maximum Gasteiger partial charge on any atom is 0.284 e. The molecule has 0 radical (unpaired) electrons. The van der Waals surface area contributed by atoms with E-state index < -0.39 is 4.92 Å². The quantitative estimate of drug-likeness (QED) is 0.322. The minimum atomic E-state index is -0.449. The molecule has 3 aromatic rings. The summed E-state index contributed by atoms with van der Waals surface area (Å²) in [5.41, 5.74) is 2.01. The van der Waals surface area contributed by atoms with E-state index in [-0.39, 0.29) is 17.6 Å². The lowest BCUT2D eigenvalue weighted by atomic mass is 10.0. The number of aryl methyl sites for hydroxylation is 1. The van der Waals surface area contributed by atoms with Crippen molar-refractivity contribution in [2.45, 2.75) is 35.0 Å². The summed E-state index contributed by atoms with van der Waals surface area (Å²) in [6.45, 7) is 2.46. The summed E-state index contributed by atoms with van der Waals surface area (Å²) < 4.78 is 11.5. The number of ether oxygens (including phenoxy) is 2. The zero-order valence-electron chi connectivity index (χ0n) is 18.4. The molecule has 33 heavy (non-hydrogen) atoms. The molecule has 1 atom stereocenters. The predicted octanol–water partition coefficient (Wildman–Crippen LogP) is 5.51. The summed E-state index contributed by atoms with van der Waals surface area (Å²) in [4.78, 5) is 31.3. The zero-order chi connectivity index (χ0) is 23.5. The summed E-state index contributed by atoms with van der Waals surface area (Å²) in [5.74, 6) is 0.997. The second-order valence-electron chi connectivity index (χ2n) is 7.57. The van der Waals surface area contributed by atoms with Crippen LogP contribution in [0.1, 0.15) is 40.5 Å². The minimum Gasteiger partial charge on any atom is -0.493 e. The number of benzene rings is 2. The van der Waals surface area contributed by atoms with Gasteiger partial charge in [-0.25, -0.2) is 4.98 Å². The number of nitro benzene ring substituents is 1. The molecule has 2 aromatic carbocycles. The van der Waals surface area contributed by atoms with Gasteiger partial charge in [0.15, 0.2) is 15.8 Å². The summed E-state index contributed by atoms with van der Waals surface area (Å²) >= 11 is 2.67. The smallest absolute Gasteiger partial charge is 0.284 e. The van der Waals surface area contributed by atoms with Crippen molar-refractivity contribution in [1.29, 1.82) is 0 Å². The van der Waals surface area contributed by atoms with Gasteiger partial charge >= 0.3 is 0 Å².